The van der Waals surface area contributed by atoms with Crippen LogP contribution in [0.4, 0.5) is 4.39 Å². The Morgan fingerprint density at radius 1 is 1.24 bits per heavy atom. The molecule has 158 valence electrons. The SMILES string of the molecule is CCOC(=O)C1CCN(Cc2cnc(S(C)(=O)=O)n2Cc2ccccc2F)CC1. The number of aromatic nitrogens is 2. The van der Waals surface area contributed by atoms with Crippen LogP contribution in [0.5, 0.6) is 0 Å². The second-order valence-corrected chi connectivity index (χ2v) is 9.19. The molecule has 0 unspecified atom stereocenters. The average Bonchev–Trinajstić information content (AvgIpc) is 3.07. The van der Waals surface area contributed by atoms with Crippen LogP contribution in [0.15, 0.2) is 35.6 Å². The molecule has 0 spiro atoms. The van der Waals surface area contributed by atoms with Crippen molar-refractivity contribution in [2.24, 2.45) is 5.92 Å². The summed E-state index contributed by atoms with van der Waals surface area (Å²) >= 11 is 0. The fourth-order valence-electron chi connectivity index (χ4n) is 3.60. The molecule has 1 aromatic carbocycles. The van der Waals surface area contributed by atoms with Crippen molar-refractivity contribution in [3.8, 4) is 0 Å². The Bertz CT molecular complexity index is 966. The van der Waals surface area contributed by atoms with Crippen molar-refractivity contribution < 1.29 is 22.3 Å². The minimum absolute atomic E-state index is 0.0721. The number of esters is 1. The van der Waals surface area contributed by atoms with Crippen LogP contribution in [-0.4, -0.2) is 54.8 Å². The lowest BCUT2D eigenvalue weighted by molar-refractivity contribution is -0.149. The number of benzene rings is 1. The van der Waals surface area contributed by atoms with Gasteiger partial charge >= 0.3 is 5.97 Å². The van der Waals surface area contributed by atoms with Crippen LogP contribution in [0, 0.1) is 11.7 Å². The highest BCUT2D eigenvalue weighted by Crippen LogP contribution is 2.22. The third kappa shape index (κ3) is 5.22. The summed E-state index contributed by atoms with van der Waals surface area (Å²) in [6, 6.07) is 6.30. The van der Waals surface area contributed by atoms with Crippen molar-refractivity contribution in [1.29, 1.82) is 0 Å². The van der Waals surface area contributed by atoms with Crippen LogP contribution in [0.3, 0.4) is 0 Å². The Kier molecular flexibility index (Phi) is 6.69. The maximum Gasteiger partial charge on any atom is 0.309 e. The molecule has 2 heterocycles. The van der Waals surface area contributed by atoms with Gasteiger partial charge in [-0.2, -0.15) is 0 Å². The van der Waals surface area contributed by atoms with Gasteiger partial charge in [0.15, 0.2) is 0 Å². The van der Waals surface area contributed by atoms with Gasteiger partial charge in [-0.25, -0.2) is 17.8 Å². The summed E-state index contributed by atoms with van der Waals surface area (Å²) in [6.07, 6.45) is 4.02. The number of carbonyl (C=O) groups excluding carboxylic acids is 1. The van der Waals surface area contributed by atoms with Crippen LogP contribution < -0.4 is 0 Å². The average molecular weight is 424 g/mol. The summed E-state index contributed by atoms with van der Waals surface area (Å²) in [6.45, 7) is 4.13. The fourth-order valence-corrected chi connectivity index (χ4v) is 4.42. The predicted octanol–water partition coefficient (Wildman–Crippen LogP) is 2.25. The summed E-state index contributed by atoms with van der Waals surface area (Å²) in [5.74, 6) is -0.640. The van der Waals surface area contributed by atoms with E-state index >= 15 is 0 Å². The normalized spacial score (nSPS) is 16.1. The van der Waals surface area contributed by atoms with E-state index in [1.165, 1.54) is 12.3 Å². The van der Waals surface area contributed by atoms with E-state index in [4.69, 9.17) is 4.74 Å². The second-order valence-electron chi connectivity index (χ2n) is 7.28. The molecule has 0 radical (unpaired) electrons. The molecular formula is C20H26FN3O4S. The summed E-state index contributed by atoms with van der Waals surface area (Å²) in [5.41, 5.74) is 1.10. The predicted molar refractivity (Wildman–Crippen MR) is 105 cm³/mol. The Morgan fingerprint density at radius 2 is 1.93 bits per heavy atom. The van der Waals surface area contributed by atoms with Gasteiger partial charge in [0.25, 0.3) is 0 Å². The first-order valence-corrected chi connectivity index (χ1v) is 11.6. The van der Waals surface area contributed by atoms with E-state index in [9.17, 15) is 17.6 Å². The molecule has 29 heavy (non-hydrogen) atoms. The molecular weight excluding hydrogens is 397 g/mol. The zero-order valence-corrected chi connectivity index (χ0v) is 17.5. The molecule has 0 saturated carbocycles. The number of imidazole rings is 1. The van der Waals surface area contributed by atoms with E-state index in [0.29, 0.717) is 50.3 Å². The molecule has 0 aliphatic carbocycles. The van der Waals surface area contributed by atoms with Crippen molar-refractivity contribution in [3.63, 3.8) is 0 Å². The van der Waals surface area contributed by atoms with E-state index in [-0.39, 0.29) is 29.4 Å². The number of ether oxygens (including phenoxy) is 1. The van der Waals surface area contributed by atoms with E-state index < -0.39 is 9.84 Å². The van der Waals surface area contributed by atoms with Gasteiger partial charge in [-0.15, -0.1) is 0 Å². The monoisotopic (exact) mass is 423 g/mol. The van der Waals surface area contributed by atoms with Crippen molar-refractivity contribution in [2.45, 2.75) is 38.0 Å². The number of piperidine rings is 1. The van der Waals surface area contributed by atoms with Gasteiger partial charge in [0, 0.05) is 18.4 Å². The number of rotatable bonds is 7. The zero-order chi connectivity index (χ0) is 21.0. The number of nitrogens with zero attached hydrogens (tertiary/aromatic N) is 3. The highest BCUT2D eigenvalue weighted by molar-refractivity contribution is 7.90. The molecule has 1 saturated heterocycles. The summed E-state index contributed by atoms with van der Waals surface area (Å²) in [7, 11) is -3.56. The molecule has 0 N–H and O–H groups in total. The minimum Gasteiger partial charge on any atom is -0.466 e. The maximum absolute atomic E-state index is 14.1. The number of likely N-dealkylation sites (tertiary alicyclic amines) is 1. The van der Waals surface area contributed by atoms with E-state index in [1.54, 1.807) is 29.7 Å². The Balaban J connectivity index is 1.77. The highest BCUT2D eigenvalue weighted by Gasteiger charge is 2.27. The minimum atomic E-state index is -3.56. The van der Waals surface area contributed by atoms with Gasteiger partial charge in [0.1, 0.15) is 5.82 Å². The Labute approximate surface area is 170 Å². The standard InChI is InChI=1S/C20H26FN3O4S/c1-3-28-19(25)15-8-10-23(11-9-15)14-17-12-22-20(29(2,26)27)24(17)13-16-6-4-5-7-18(16)21/h4-7,12,15H,3,8-11,13-14H2,1-2H3. The topological polar surface area (TPSA) is 81.5 Å². The first-order valence-electron chi connectivity index (χ1n) is 9.66. The van der Waals surface area contributed by atoms with Gasteiger partial charge in [0.05, 0.1) is 31.0 Å². The van der Waals surface area contributed by atoms with Gasteiger partial charge in [0.2, 0.25) is 15.0 Å². The quantitative estimate of drug-likeness (QED) is 0.636. The van der Waals surface area contributed by atoms with E-state index in [0.717, 1.165) is 6.26 Å². The lowest BCUT2D eigenvalue weighted by Gasteiger charge is -2.30. The first kappa shape index (κ1) is 21.4. The lowest BCUT2D eigenvalue weighted by Crippen LogP contribution is -2.37. The number of sulfone groups is 1. The molecule has 1 aliphatic rings. The summed E-state index contributed by atoms with van der Waals surface area (Å²) in [5, 5.41) is -0.0721. The van der Waals surface area contributed by atoms with Crippen molar-refractivity contribution in [2.75, 3.05) is 26.0 Å². The van der Waals surface area contributed by atoms with Crippen LogP contribution in [0.1, 0.15) is 31.0 Å². The van der Waals surface area contributed by atoms with Crippen molar-refractivity contribution >= 4 is 15.8 Å². The molecule has 7 nitrogen and oxygen atoms in total. The molecule has 0 amide bonds. The second kappa shape index (κ2) is 9.04. The first-order chi connectivity index (χ1) is 13.8. The zero-order valence-electron chi connectivity index (χ0n) is 16.7. The highest BCUT2D eigenvalue weighted by atomic mass is 32.2. The van der Waals surface area contributed by atoms with Gasteiger partial charge in [-0.05, 0) is 38.9 Å². The van der Waals surface area contributed by atoms with Crippen LogP contribution in [-0.2, 0) is 32.5 Å². The third-order valence-electron chi connectivity index (χ3n) is 5.11. The van der Waals surface area contributed by atoms with Crippen LogP contribution in [0.25, 0.3) is 0 Å². The molecule has 0 bridgehead atoms. The van der Waals surface area contributed by atoms with E-state index in [1.807, 2.05) is 0 Å². The number of halogens is 1. The Hall–Kier alpha value is -2.26. The smallest absolute Gasteiger partial charge is 0.309 e. The Morgan fingerprint density at radius 3 is 2.55 bits per heavy atom. The molecule has 1 aliphatic heterocycles. The molecule has 1 aromatic heterocycles. The molecule has 1 fully saturated rings. The molecule has 9 heteroatoms. The number of hydrogen-bond donors (Lipinski definition) is 0. The number of hydrogen-bond acceptors (Lipinski definition) is 6. The lowest BCUT2D eigenvalue weighted by atomic mass is 9.97. The van der Waals surface area contributed by atoms with Crippen molar-refractivity contribution in [1.82, 2.24) is 14.5 Å². The van der Waals surface area contributed by atoms with Crippen molar-refractivity contribution in [3.05, 3.63) is 47.5 Å². The van der Waals surface area contributed by atoms with Gasteiger partial charge < -0.3 is 9.30 Å². The molecule has 2 aromatic rings. The third-order valence-corrected chi connectivity index (χ3v) is 6.10. The van der Waals surface area contributed by atoms with Gasteiger partial charge in [-0.1, -0.05) is 18.2 Å². The number of carbonyl (C=O) groups is 1. The molecule has 3 rings (SSSR count). The largest absolute Gasteiger partial charge is 0.466 e. The maximum atomic E-state index is 14.1. The van der Waals surface area contributed by atoms with Gasteiger partial charge in [-0.3, -0.25) is 9.69 Å². The van der Waals surface area contributed by atoms with Crippen LogP contribution in [0.2, 0.25) is 0 Å². The van der Waals surface area contributed by atoms with E-state index in [2.05, 4.69) is 9.88 Å². The summed E-state index contributed by atoms with van der Waals surface area (Å²) < 4.78 is 45.1. The van der Waals surface area contributed by atoms with Crippen LogP contribution >= 0.6 is 0 Å². The fraction of sp³-hybridized carbons (Fsp3) is 0.500. The molecule has 0 atom stereocenters. The summed E-state index contributed by atoms with van der Waals surface area (Å²) in [4.78, 5) is 18.2.